The number of carbonyl (C=O) groups excluding carboxylic acids is 2. The Morgan fingerprint density at radius 2 is 1.64 bits per heavy atom. The van der Waals surface area contributed by atoms with Crippen molar-refractivity contribution >= 4 is 11.9 Å². The van der Waals surface area contributed by atoms with E-state index < -0.39 is 0 Å². The Morgan fingerprint density at radius 3 is 2.14 bits per heavy atom. The van der Waals surface area contributed by atoms with Crippen LogP contribution in [-0.2, 0) is 16.0 Å². The minimum atomic E-state index is -0.364. The number of aryl methyl sites for hydroxylation is 1. The molecular weight excluding hydrogens is 280 g/mol. The van der Waals surface area contributed by atoms with Crippen molar-refractivity contribution < 1.29 is 19.1 Å². The molecule has 1 aromatic rings. The second-order valence-electron chi connectivity index (χ2n) is 5.88. The van der Waals surface area contributed by atoms with Crippen LogP contribution in [0.5, 0.6) is 11.5 Å². The number of hydrogen-bond acceptors (Lipinski definition) is 4. The van der Waals surface area contributed by atoms with Gasteiger partial charge >= 0.3 is 11.9 Å². The number of benzene rings is 1. The molecule has 0 aliphatic carbocycles. The molecule has 0 aliphatic rings. The molecule has 0 amide bonds. The highest BCUT2D eigenvalue weighted by atomic mass is 16.6. The van der Waals surface area contributed by atoms with Crippen molar-refractivity contribution in [2.75, 3.05) is 0 Å². The monoisotopic (exact) mass is 304 g/mol. The summed E-state index contributed by atoms with van der Waals surface area (Å²) < 4.78 is 10.8. The maximum atomic E-state index is 11.9. The lowest BCUT2D eigenvalue weighted by Gasteiger charge is -2.16. The van der Waals surface area contributed by atoms with Crippen LogP contribution in [0.15, 0.2) is 24.8 Å². The molecule has 1 aromatic carbocycles. The van der Waals surface area contributed by atoms with Crippen molar-refractivity contribution in [3.8, 4) is 11.5 Å². The number of allylic oxidation sites excluding steroid dienone is 1. The molecule has 0 saturated heterocycles. The van der Waals surface area contributed by atoms with E-state index in [1.807, 2.05) is 13.0 Å². The number of ether oxygens (including phenoxy) is 2. The SMILES string of the molecule is C=CCc1cc(C)c(OC(=O)C(C)C)c(OC(=O)C(C)C)c1. The first-order valence-electron chi connectivity index (χ1n) is 7.44. The average Bonchev–Trinajstić information content (AvgIpc) is 2.42. The molecule has 1 rings (SSSR count). The van der Waals surface area contributed by atoms with E-state index in [1.54, 1.807) is 39.8 Å². The lowest BCUT2D eigenvalue weighted by Crippen LogP contribution is -2.19. The minimum absolute atomic E-state index is 0.263. The molecule has 4 nitrogen and oxygen atoms in total. The Bertz CT molecular complexity index is 571. The van der Waals surface area contributed by atoms with E-state index in [0.717, 1.165) is 11.1 Å². The van der Waals surface area contributed by atoms with Crippen molar-refractivity contribution in [3.05, 3.63) is 35.9 Å². The van der Waals surface area contributed by atoms with E-state index in [2.05, 4.69) is 6.58 Å². The number of rotatable bonds is 6. The zero-order valence-electron chi connectivity index (χ0n) is 13.9. The lowest BCUT2D eigenvalue weighted by molar-refractivity contribution is -0.140. The molecule has 0 heterocycles. The number of carbonyl (C=O) groups is 2. The normalized spacial score (nSPS) is 10.7. The third-order valence-electron chi connectivity index (χ3n) is 3.04. The Kier molecular flexibility index (Phi) is 6.35. The van der Waals surface area contributed by atoms with Gasteiger partial charge in [0.25, 0.3) is 0 Å². The van der Waals surface area contributed by atoms with Crippen molar-refractivity contribution in [1.82, 2.24) is 0 Å². The quantitative estimate of drug-likeness (QED) is 0.455. The minimum Gasteiger partial charge on any atom is -0.422 e. The van der Waals surface area contributed by atoms with Crippen LogP contribution in [0.2, 0.25) is 0 Å². The van der Waals surface area contributed by atoms with Gasteiger partial charge in [-0.2, -0.15) is 0 Å². The van der Waals surface area contributed by atoms with Crippen LogP contribution in [0.25, 0.3) is 0 Å². The summed E-state index contributed by atoms with van der Waals surface area (Å²) in [5.41, 5.74) is 1.70. The molecule has 0 saturated carbocycles. The van der Waals surface area contributed by atoms with Gasteiger partial charge in [0.15, 0.2) is 11.5 Å². The van der Waals surface area contributed by atoms with Crippen LogP contribution in [-0.4, -0.2) is 11.9 Å². The molecule has 22 heavy (non-hydrogen) atoms. The van der Waals surface area contributed by atoms with Crippen LogP contribution in [0.4, 0.5) is 0 Å². The van der Waals surface area contributed by atoms with E-state index in [1.165, 1.54) is 0 Å². The summed E-state index contributed by atoms with van der Waals surface area (Å²) in [6.45, 7) is 12.5. The highest BCUT2D eigenvalue weighted by molar-refractivity contribution is 5.78. The van der Waals surface area contributed by atoms with Gasteiger partial charge < -0.3 is 9.47 Å². The summed E-state index contributed by atoms with van der Waals surface area (Å²) in [5, 5.41) is 0. The number of hydrogen-bond donors (Lipinski definition) is 0. The predicted molar refractivity (Wildman–Crippen MR) is 86.0 cm³/mol. The molecule has 0 spiro atoms. The maximum Gasteiger partial charge on any atom is 0.313 e. The van der Waals surface area contributed by atoms with Crippen molar-refractivity contribution in [2.45, 2.75) is 41.0 Å². The molecule has 0 radical (unpaired) electrons. The fourth-order valence-electron chi connectivity index (χ4n) is 1.75. The molecule has 0 bridgehead atoms. The Morgan fingerprint density at radius 1 is 1.09 bits per heavy atom. The van der Waals surface area contributed by atoms with Gasteiger partial charge in [-0.25, -0.2) is 0 Å². The third kappa shape index (κ3) is 4.72. The van der Waals surface area contributed by atoms with Crippen LogP contribution in [0.3, 0.4) is 0 Å². The summed E-state index contributed by atoms with van der Waals surface area (Å²) in [6, 6.07) is 3.62. The molecule has 0 fully saturated rings. The Balaban J connectivity index is 3.23. The highest BCUT2D eigenvalue weighted by Crippen LogP contribution is 2.34. The third-order valence-corrected chi connectivity index (χ3v) is 3.04. The second kappa shape index (κ2) is 7.78. The molecule has 0 unspecified atom stereocenters. The van der Waals surface area contributed by atoms with Crippen molar-refractivity contribution in [2.24, 2.45) is 11.8 Å². The lowest BCUT2D eigenvalue weighted by atomic mass is 10.1. The summed E-state index contributed by atoms with van der Waals surface area (Å²) in [6.07, 6.45) is 2.41. The first kappa shape index (κ1) is 18.0. The van der Waals surface area contributed by atoms with Gasteiger partial charge in [-0.3, -0.25) is 9.59 Å². The zero-order valence-corrected chi connectivity index (χ0v) is 13.9. The zero-order chi connectivity index (χ0) is 16.9. The van der Waals surface area contributed by atoms with Gasteiger partial charge in [-0.15, -0.1) is 6.58 Å². The van der Waals surface area contributed by atoms with E-state index >= 15 is 0 Å². The molecule has 0 N–H and O–H groups in total. The van der Waals surface area contributed by atoms with Gasteiger partial charge in [0, 0.05) is 0 Å². The summed E-state index contributed by atoms with van der Waals surface area (Å²) in [4.78, 5) is 23.7. The maximum absolute atomic E-state index is 11.9. The van der Waals surface area contributed by atoms with E-state index in [-0.39, 0.29) is 29.5 Å². The summed E-state index contributed by atoms with van der Waals surface area (Å²) in [5.74, 6) is -0.665. The van der Waals surface area contributed by atoms with Crippen LogP contribution < -0.4 is 9.47 Å². The van der Waals surface area contributed by atoms with E-state index in [9.17, 15) is 9.59 Å². The van der Waals surface area contributed by atoms with E-state index in [4.69, 9.17) is 9.47 Å². The summed E-state index contributed by atoms with van der Waals surface area (Å²) >= 11 is 0. The highest BCUT2D eigenvalue weighted by Gasteiger charge is 2.20. The Labute approximate surface area is 132 Å². The van der Waals surface area contributed by atoms with Crippen LogP contribution in [0.1, 0.15) is 38.8 Å². The van der Waals surface area contributed by atoms with Gasteiger partial charge in [0.05, 0.1) is 11.8 Å². The predicted octanol–water partition coefficient (Wildman–Crippen LogP) is 3.85. The van der Waals surface area contributed by atoms with Gasteiger partial charge in [0.2, 0.25) is 0 Å². The fraction of sp³-hybridized carbons (Fsp3) is 0.444. The molecule has 0 aliphatic heterocycles. The van der Waals surface area contributed by atoms with Crippen molar-refractivity contribution in [3.63, 3.8) is 0 Å². The van der Waals surface area contributed by atoms with Crippen molar-refractivity contribution in [1.29, 1.82) is 0 Å². The van der Waals surface area contributed by atoms with Gasteiger partial charge in [-0.1, -0.05) is 39.8 Å². The standard InChI is InChI=1S/C18H24O4/c1-7-8-14-9-13(6)16(22-18(20)12(4)5)15(10-14)21-17(19)11(2)3/h7,9-12H,1,8H2,2-6H3. The number of esters is 2. The first-order valence-corrected chi connectivity index (χ1v) is 7.44. The Hall–Kier alpha value is -2.10. The first-order chi connectivity index (χ1) is 10.3. The molecular formula is C18H24O4. The molecule has 0 aromatic heterocycles. The van der Waals surface area contributed by atoms with Gasteiger partial charge in [-0.05, 0) is 30.5 Å². The van der Waals surface area contributed by atoms with Crippen LogP contribution >= 0.6 is 0 Å². The van der Waals surface area contributed by atoms with Crippen LogP contribution in [0, 0.1) is 18.8 Å². The molecule has 0 atom stereocenters. The summed E-state index contributed by atoms with van der Waals surface area (Å²) in [7, 11) is 0. The molecule has 120 valence electrons. The topological polar surface area (TPSA) is 52.6 Å². The second-order valence-corrected chi connectivity index (χ2v) is 5.88. The van der Waals surface area contributed by atoms with E-state index in [0.29, 0.717) is 12.2 Å². The largest absolute Gasteiger partial charge is 0.422 e. The van der Waals surface area contributed by atoms with Gasteiger partial charge in [0.1, 0.15) is 0 Å². The smallest absolute Gasteiger partial charge is 0.313 e. The average molecular weight is 304 g/mol. The molecule has 4 heteroatoms. The fourth-order valence-corrected chi connectivity index (χ4v) is 1.75.